The van der Waals surface area contributed by atoms with E-state index in [9.17, 15) is 9.90 Å². The highest BCUT2D eigenvalue weighted by molar-refractivity contribution is 7.19. The van der Waals surface area contributed by atoms with Gasteiger partial charge in [-0.05, 0) is 45.2 Å². The average Bonchev–Trinajstić information content (AvgIpc) is 3.18. The normalized spacial score (nSPS) is 19.8. The number of thiophene rings is 1. The van der Waals surface area contributed by atoms with Crippen LogP contribution in [0.15, 0.2) is 29.1 Å². The molecule has 148 valence electrons. The molecule has 0 aliphatic heterocycles. The SMILES string of the molecule is Cc1ccc(-c2c(C)sc3nc(CN(C)CC4CCCC4O)[nH]c(=O)c23)cc1. The van der Waals surface area contributed by atoms with Crippen molar-refractivity contribution < 1.29 is 5.11 Å². The molecule has 1 saturated carbocycles. The van der Waals surface area contributed by atoms with Gasteiger partial charge in [0.2, 0.25) is 0 Å². The van der Waals surface area contributed by atoms with Crippen molar-refractivity contribution in [2.24, 2.45) is 5.92 Å². The van der Waals surface area contributed by atoms with Gasteiger partial charge in [-0.25, -0.2) is 4.98 Å². The van der Waals surface area contributed by atoms with E-state index in [0.29, 0.717) is 23.7 Å². The molecular formula is C22H27N3O2S. The average molecular weight is 398 g/mol. The van der Waals surface area contributed by atoms with Crippen LogP contribution in [0.1, 0.15) is 35.5 Å². The van der Waals surface area contributed by atoms with Crippen LogP contribution in [-0.2, 0) is 6.54 Å². The first kappa shape index (κ1) is 19.3. The van der Waals surface area contributed by atoms with Gasteiger partial charge < -0.3 is 10.1 Å². The smallest absolute Gasteiger partial charge is 0.260 e. The van der Waals surface area contributed by atoms with Crippen molar-refractivity contribution >= 4 is 21.6 Å². The van der Waals surface area contributed by atoms with Gasteiger partial charge in [0.1, 0.15) is 10.7 Å². The molecule has 2 N–H and O–H groups in total. The van der Waals surface area contributed by atoms with E-state index in [1.807, 2.05) is 14.0 Å². The number of aryl methyl sites for hydroxylation is 2. The largest absolute Gasteiger partial charge is 0.393 e. The Balaban J connectivity index is 1.62. The molecule has 3 aromatic rings. The number of rotatable bonds is 5. The number of hydrogen-bond donors (Lipinski definition) is 2. The monoisotopic (exact) mass is 397 g/mol. The Labute approximate surface area is 169 Å². The zero-order valence-corrected chi connectivity index (χ0v) is 17.5. The first-order valence-corrected chi connectivity index (χ1v) is 10.7. The van der Waals surface area contributed by atoms with Gasteiger partial charge in [0.05, 0.1) is 18.0 Å². The van der Waals surface area contributed by atoms with E-state index in [1.165, 1.54) is 5.56 Å². The Kier molecular flexibility index (Phi) is 5.36. The summed E-state index contributed by atoms with van der Waals surface area (Å²) in [6.45, 7) is 5.50. The lowest BCUT2D eigenvalue weighted by atomic mass is 10.0. The third-order valence-electron chi connectivity index (χ3n) is 5.71. The molecule has 5 nitrogen and oxygen atoms in total. The summed E-state index contributed by atoms with van der Waals surface area (Å²) in [4.78, 5) is 24.7. The predicted octanol–water partition coefficient (Wildman–Crippen LogP) is 3.86. The molecule has 1 fully saturated rings. The van der Waals surface area contributed by atoms with E-state index < -0.39 is 0 Å². The second-order valence-electron chi connectivity index (χ2n) is 8.05. The topological polar surface area (TPSA) is 69.2 Å². The summed E-state index contributed by atoms with van der Waals surface area (Å²) < 4.78 is 0. The minimum absolute atomic E-state index is 0.0748. The van der Waals surface area contributed by atoms with Gasteiger partial charge in [-0.1, -0.05) is 36.2 Å². The molecule has 0 bridgehead atoms. The van der Waals surface area contributed by atoms with Crippen molar-refractivity contribution in [1.82, 2.24) is 14.9 Å². The van der Waals surface area contributed by atoms with E-state index in [1.54, 1.807) is 11.3 Å². The van der Waals surface area contributed by atoms with Crippen LogP contribution in [-0.4, -0.2) is 39.7 Å². The molecule has 1 aliphatic carbocycles. The van der Waals surface area contributed by atoms with Crippen LogP contribution >= 0.6 is 11.3 Å². The van der Waals surface area contributed by atoms with Crippen molar-refractivity contribution in [2.45, 2.75) is 45.8 Å². The molecule has 0 spiro atoms. The number of aromatic amines is 1. The number of nitrogens with one attached hydrogen (secondary N) is 1. The van der Waals surface area contributed by atoms with E-state index in [0.717, 1.165) is 46.6 Å². The molecule has 1 aromatic carbocycles. The zero-order chi connectivity index (χ0) is 19.8. The Bertz CT molecular complexity index is 1040. The minimum atomic E-state index is -0.200. The standard InChI is InChI=1S/C22H27N3O2S/c1-13-7-9-15(10-8-13)19-14(2)28-22-20(19)21(27)23-18(24-22)12-25(3)11-16-5-4-6-17(16)26/h7-10,16-17,26H,4-6,11-12H2,1-3H3,(H,23,24,27). The minimum Gasteiger partial charge on any atom is -0.393 e. The van der Waals surface area contributed by atoms with Crippen LogP contribution in [0, 0.1) is 19.8 Å². The fraction of sp³-hybridized carbons (Fsp3) is 0.455. The number of aliphatic hydroxyl groups is 1. The molecule has 2 aromatic heterocycles. The first-order valence-electron chi connectivity index (χ1n) is 9.88. The zero-order valence-electron chi connectivity index (χ0n) is 16.7. The van der Waals surface area contributed by atoms with Crippen LogP contribution in [0.2, 0.25) is 0 Å². The molecule has 1 aliphatic rings. The van der Waals surface area contributed by atoms with Gasteiger partial charge in [0.25, 0.3) is 5.56 Å². The summed E-state index contributed by atoms with van der Waals surface area (Å²) in [6, 6.07) is 8.27. The molecule has 0 radical (unpaired) electrons. The lowest BCUT2D eigenvalue weighted by molar-refractivity contribution is 0.107. The fourth-order valence-corrected chi connectivity index (χ4v) is 5.32. The lowest BCUT2D eigenvalue weighted by Gasteiger charge is -2.22. The Morgan fingerprint density at radius 1 is 1.25 bits per heavy atom. The number of aromatic nitrogens is 2. The van der Waals surface area contributed by atoms with Crippen LogP contribution in [0.4, 0.5) is 0 Å². The molecule has 0 amide bonds. The van der Waals surface area contributed by atoms with Crippen LogP contribution in [0.3, 0.4) is 0 Å². The molecule has 2 atom stereocenters. The van der Waals surface area contributed by atoms with Gasteiger partial charge >= 0.3 is 0 Å². The van der Waals surface area contributed by atoms with Crippen molar-refractivity contribution in [2.75, 3.05) is 13.6 Å². The summed E-state index contributed by atoms with van der Waals surface area (Å²) >= 11 is 1.58. The quantitative estimate of drug-likeness (QED) is 0.686. The highest BCUT2D eigenvalue weighted by Gasteiger charge is 2.26. The number of hydrogen-bond acceptors (Lipinski definition) is 5. The predicted molar refractivity (Wildman–Crippen MR) is 115 cm³/mol. The maximum atomic E-state index is 12.9. The van der Waals surface area contributed by atoms with Gasteiger partial charge in [-0.2, -0.15) is 0 Å². The van der Waals surface area contributed by atoms with Crippen molar-refractivity contribution in [3.05, 3.63) is 50.9 Å². The van der Waals surface area contributed by atoms with E-state index in [-0.39, 0.29) is 11.7 Å². The van der Waals surface area contributed by atoms with Crippen LogP contribution in [0.5, 0.6) is 0 Å². The van der Waals surface area contributed by atoms with Gasteiger partial charge in [0.15, 0.2) is 0 Å². The lowest BCUT2D eigenvalue weighted by Crippen LogP contribution is -2.30. The third kappa shape index (κ3) is 3.77. The van der Waals surface area contributed by atoms with Gasteiger partial charge in [0, 0.05) is 17.0 Å². The second kappa shape index (κ2) is 7.78. The van der Waals surface area contributed by atoms with Crippen LogP contribution in [0.25, 0.3) is 21.3 Å². The number of benzene rings is 1. The second-order valence-corrected chi connectivity index (χ2v) is 9.25. The number of nitrogens with zero attached hydrogens (tertiary/aromatic N) is 2. The summed E-state index contributed by atoms with van der Waals surface area (Å²) in [5.41, 5.74) is 3.17. The Morgan fingerprint density at radius 2 is 2.00 bits per heavy atom. The fourth-order valence-electron chi connectivity index (χ4n) is 4.26. The summed E-state index contributed by atoms with van der Waals surface area (Å²) in [5, 5.41) is 10.7. The Morgan fingerprint density at radius 3 is 2.68 bits per heavy atom. The van der Waals surface area contributed by atoms with Crippen molar-refractivity contribution in [1.29, 1.82) is 0 Å². The number of H-pyrrole nitrogens is 1. The van der Waals surface area contributed by atoms with Crippen LogP contribution < -0.4 is 5.56 Å². The first-order chi connectivity index (χ1) is 13.4. The van der Waals surface area contributed by atoms with Crippen molar-refractivity contribution in [3.8, 4) is 11.1 Å². The maximum Gasteiger partial charge on any atom is 0.260 e. The molecule has 4 rings (SSSR count). The molecular weight excluding hydrogens is 370 g/mol. The highest BCUT2D eigenvalue weighted by Crippen LogP contribution is 2.35. The van der Waals surface area contributed by atoms with E-state index >= 15 is 0 Å². The molecule has 2 unspecified atom stereocenters. The third-order valence-corrected chi connectivity index (χ3v) is 6.71. The summed E-state index contributed by atoms with van der Waals surface area (Å²) in [6.07, 6.45) is 2.86. The highest BCUT2D eigenvalue weighted by atomic mass is 32.1. The Hall–Kier alpha value is -2.02. The van der Waals surface area contributed by atoms with Gasteiger partial charge in [-0.3, -0.25) is 9.69 Å². The van der Waals surface area contributed by atoms with Gasteiger partial charge in [-0.15, -0.1) is 11.3 Å². The summed E-state index contributed by atoms with van der Waals surface area (Å²) in [5.74, 6) is 1.00. The molecule has 28 heavy (non-hydrogen) atoms. The molecule has 0 saturated heterocycles. The van der Waals surface area contributed by atoms with E-state index in [2.05, 4.69) is 41.1 Å². The van der Waals surface area contributed by atoms with E-state index in [4.69, 9.17) is 4.98 Å². The summed E-state index contributed by atoms with van der Waals surface area (Å²) in [7, 11) is 2.02. The molecule has 2 heterocycles. The van der Waals surface area contributed by atoms with Crippen molar-refractivity contribution in [3.63, 3.8) is 0 Å². The molecule has 6 heteroatoms. The number of fused-ring (bicyclic) bond motifs is 1. The maximum absolute atomic E-state index is 12.9. The number of aliphatic hydroxyl groups excluding tert-OH is 1.